The maximum absolute atomic E-state index is 14.1. The van der Waals surface area contributed by atoms with Crippen LogP contribution in [-0.2, 0) is 20.8 Å². The molecule has 1 fully saturated rings. The largest absolute Gasteiger partial charge is 0.508 e. The minimum Gasteiger partial charge on any atom is -0.508 e. The molecule has 4 aliphatic rings. The van der Waals surface area contributed by atoms with Crippen molar-refractivity contribution in [1.82, 2.24) is 4.90 Å². The van der Waals surface area contributed by atoms with E-state index in [-0.39, 0.29) is 11.3 Å². The second-order valence-corrected chi connectivity index (χ2v) is 11.4. The van der Waals surface area contributed by atoms with Gasteiger partial charge in [-0.15, -0.1) is 0 Å². The van der Waals surface area contributed by atoms with Gasteiger partial charge in [0.05, 0.1) is 23.6 Å². The van der Waals surface area contributed by atoms with E-state index in [1.165, 1.54) is 19.0 Å². The Bertz CT molecular complexity index is 1580. The van der Waals surface area contributed by atoms with Crippen LogP contribution in [0.5, 0.6) is 11.5 Å². The van der Waals surface area contributed by atoms with Crippen molar-refractivity contribution >= 4 is 23.2 Å². The first-order valence-electron chi connectivity index (χ1n) is 13.3. The maximum atomic E-state index is 14.1. The molecule has 7 atom stereocenters. The first-order valence-corrected chi connectivity index (χ1v) is 13.3. The summed E-state index contributed by atoms with van der Waals surface area (Å²) in [7, 11) is 2.93. The Morgan fingerprint density at radius 3 is 2.37 bits per heavy atom. The summed E-state index contributed by atoms with van der Waals surface area (Å²) in [6.45, 7) is 1.69. The monoisotopic (exact) mass is 562 g/mol. The molecule has 6 rings (SSSR count). The normalized spacial score (nSPS) is 32.3. The number of hydrogen-bond donors (Lipinski definition) is 6. The van der Waals surface area contributed by atoms with E-state index < -0.39 is 81.7 Å². The van der Waals surface area contributed by atoms with Gasteiger partial charge in [0, 0.05) is 23.5 Å². The number of ketones is 2. The van der Waals surface area contributed by atoms with Gasteiger partial charge in [-0.25, -0.2) is 0 Å². The van der Waals surface area contributed by atoms with Crippen molar-refractivity contribution in [3.05, 3.63) is 75.6 Å². The first kappa shape index (κ1) is 27.0. The number of aliphatic hydroxyl groups excluding tert-OH is 3. The zero-order valence-electron chi connectivity index (χ0n) is 22.5. The van der Waals surface area contributed by atoms with E-state index in [2.05, 4.69) is 0 Å². The molecule has 1 aliphatic heterocycles. The summed E-state index contributed by atoms with van der Waals surface area (Å²) in [6, 6.07) is 9.39. The van der Waals surface area contributed by atoms with Crippen molar-refractivity contribution in [3.8, 4) is 11.5 Å². The van der Waals surface area contributed by atoms with Crippen molar-refractivity contribution in [2.75, 3.05) is 14.1 Å². The molecule has 11 nitrogen and oxygen atoms in total. The smallest absolute Gasteiger partial charge is 0.255 e. The number of fused-ring (bicyclic) bond motifs is 4. The highest BCUT2D eigenvalue weighted by Crippen LogP contribution is 2.57. The van der Waals surface area contributed by atoms with Crippen molar-refractivity contribution in [2.45, 2.75) is 43.1 Å². The lowest BCUT2D eigenvalue weighted by Gasteiger charge is -2.53. The third kappa shape index (κ3) is 3.39. The number of primary amides is 1. The van der Waals surface area contributed by atoms with Crippen LogP contribution in [0.1, 0.15) is 41.2 Å². The van der Waals surface area contributed by atoms with Crippen LogP contribution in [0.3, 0.4) is 0 Å². The third-order valence-corrected chi connectivity index (χ3v) is 9.15. The summed E-state index contributed by atoms with van der Waals surface area (Å²) in [5.41, 5.74) is 2.72. The average Bonchev–Trinajstić information content (AvgIpc) is 3.34. The molecule has 0 spiro atoms. The molecule has 3 aliphatic carbocycles. The standard InChI is InChI=1S/C30H30N2O9/c1-11-13-8-9-14(16-10-12-6-4-5-7-15(12)41-16)23(33)18(13)24(34)19-17(11)25(35)21-22(32(2)3)26(36)20(29(31)39)28(38)30(21,40)27(19)37/h4-9,11,16-17,21-22,25,33-35,38,40H,10H2,1-3H3,(H2,31,39)/t11-,16?,17+,21+,22-,25-,30-/m1/s1. The molecule has 214 valence electrons. The number of carbonyl (C=O) groups excluding carboxylic acids is 3. The summed E-state index contributed by atoms with van der Waals surface area (Å²) >= 11 is 0. The van der Waals surface area contributed by atoms with Gasteiger partial charge in [-0.2, -0.15) is 0 Å². The fraction of sp³-hybridized carbons (Fsp3) is 0.367. The fourth-order valence-corrected chi connectivity index (χ4v) is 7.25. The summed E-state index contributed by atoms with van der Waals surface area (Å²) in [5, 5.41) is 57.5. The predicted molar refractivity (Wildman–Crippen MR) is 144 cm³/mol. The van der Waals surface area contributed by atoms with Crippen LogP contribution in [0.4, 0.5) is 0 Å². The number of para-hydroxylation sites is 1. The predicted octanol–water partition coefficient (Wildman–Crippen LogP) is 1.17. The number of Topliss-reactive ketones (excluding diaryl/α,β-unsaturated/α-hetero) is 2. The van der Waals surface area contributed by atoms with Crippen LogP contribution in [0.2, 0.25) is 0 Å². The SMILES string of the molecule is C[C@@H]1c2ccc(C3Cc4ccccc4O3)c(O)c2C(O)=C2C(=O)[C@@]3(O)C(O)=C(C(N)=O)C(=O)[C@H](N(C)C)[C@H]3[C@H](O)[C@H]21. The number of carbonyl (C=O) groups is 3. The lowest BCUT2D eigenvalue weighted by molar-refractivity contribution is -0.169. The van der Waals surface area contributed by atoms with E-state index in [9.17, 15) is 39.9 Å². The Hall–Kier alpha value is -4.19. The van der Waals surface area contributed by atoms with E-state index in [1.807, 2.05) is 24.3 Å². The second kappa shape index (κ2) is 8.90. The van der Waals surface area contributed by atoms with Crippen LogP contribution < -0.4 is 10.5 Å². The van der Waals surface area contributed by atoms with E-state index in [1.54, 1.807) is 19.1 Å². The number of amides is 1. The van der Waals surface area contributed by atoms with E-state index in [0.29, 0.717) is 23.3 Å². The molecule has 2 aromatic rings. The van der Waals surface area contributed by atoms with Gasteiger partial charge >= 0.3 is 0 Å². The molecule has 1 amide bonds. The van der Waals surface area contributed by atoms with Crippen LogP contribution in [-0.4, -0.2) is 79.7 Å². The summed E-state index contributed by atoms with van der Waals surface area (Å²) in [4.78, 5) is 40.9. The first-order chi connectivity index (χ1) is 19.3. The summed E-state index contributed by atoms with van der Waals surface area (Å²) in [5.74, 6) is -8.48. The van der Waals surface area contributed by atoms with Gasteiger partial charge in [-0.3, -0.25) is 19.3 Å². The Labute approximate surface area is 234 Å². The molecule has 1 saturated carbocycles. The topological polar surface area (TPSA) is 191 Å². The van der Waals surface area contributed by atoms with E-state index >= 15 is 0 Å². The number of rotatable bonds is 3. The minimum absolute atomic E-state index is 0.0574. The Morgan fingerprint density at radius 1 is 1.07 bits per heavy atom. The third-order valence-electron chi connectivity index (χ3n) is 9.15. The highest BCUT2D eigenvalue weighted by Gasteiger charge is 2.68. The molecule has 1 unspecified atom stereocenters. The molecule has 2 aromatic carbocycles. The number of hydrogen-bond acceptors (Lipinski definition) is 10. The van der Waals surface area contributed by atoms with E-state index in [4.69, 9.17) is 10.5 Å². The van der Waals surface area contributed by atoms with Gasteiger partial charge < -0.3 is 36.0 Å². The zero-order valence-corrected chi connectivity index (χ0v) is 22.5. The molecule has 0 saturated heterocycles. The molecule has 1 heterocycles. The fourth-order valence-electron chi connectivity index (χ4n) is 7.25. The quantitative estimate of drug-likeness (QED) is 0.296. The highest BCUT2D eigenvalue weighted by atomic mass is 16.5. The number of aliphatic hydroxyl groups is 4. The number of aromatic hydroxyl groups is 1. The molecular weight excluding hydrogens is 532 g/mol. The van der Waals surface area contributed by atoms with Crippen LogP contribution >= 0.6 is 0 Å². The van der Waals surface area contributed by atoms with Crippen LogP contribution in [0.15, 0.2) is 53.3 Å². The van der Waals surface area contributed by atoms with E-state index in [0.717, 1.165) is 5.56 Å². The number of ether oxygens (including phenoxy) is 1. The van der Waals surface area contributed by atoms with Gasteiger partial charge in [0.15, 0.2) is 11.4 Å². The van der Waals surface area contributed by atoms with Gasteiger partial charge in [0.2, 0.25) is 5.78 Å². The number of nitrogens with two attached hydrogens (primary N) is 1. The zero-order chi connectivity index (χ0) is 29.7. The Kier molecular flexibility index (Phi) is 5.86. The molecule has 7 N–H and O–H groups in total. The number of likely N-dealkylation sites (N-methyl/N-ethyl adjacent to an activating group) is 1. The maximum Gasteiger partial charge on any atom is 0.255 e. The molecule has 0 aromatic heterocycles. The van der Waals surface area contributed by atoms with Crippen molar-refractivity contribution in [3.63, 3.8) is 0 Å². The van der Waals surface area contributed by atoms with Crippen molar-refractivity contribution in [2.24, 2.45) is 17.6 Å². The lowest BCUT2D eigenvalue weighted by atomic mass is 9.54. The highest BCUT2D eigenvalue weighted by molar-refractivity contribution is 6.24. The van der Waals surface area contributed by atoms with Crippen LogP contribution in [0, 0.1) is 11.8 Å². The number of phenolic OH excluding ortho intramolecular Hbond substituents is 1. The number of nitrogens with zero attached hydrogens (tertiary/aromatic N) is 1. The number of phenols is 1. The summed E-state index contributed by atoms with van der Waals surface area (Å²) in [6.07, 6.45) is -1.74. The van der Waals surface area contributed by atoms with Gasteiger partial charge in [-0.1, -0.05) is 37.3 Å². The number of benzene rings is 2. The van der Waals surface area contributed by atoms with Gasteiger partial charge in [0.25, 0.3) is 5.91 Å². The Morgan fingerprint density at radius 2 is 1.73 bits per heavy atom. The van der Waals surface area contributed by atoms with Gasteiger partial charge in [-0.05, 0) is 37.2 Å². The molecule has 0 bridgehead atoms. The molecule has 11 heteroatoms. The van der Waals surface area contributed by atoms with Crippen molar-refractivity contribution < 1.29 is 44.7 Å². The average molecular weight is 563 g/mol. The van der Waals surface area contributed by atoms with Crippen molar-refractivity contribution in [1.29, 1.82) is 0 Å². The summed E-state index contributed by atoms with van der Waals surface area (Å²) < 4.78 is 6.03. The Balaban J connectivity index is 1.54. The van der Waals surface area contributed by atoms with Gasteiger partial charge in [0.1, 0.15) is 34.7 Å². The molecule has 0 radical (unpaired) electrons. The lowest BCUT2D eigenvalue weighted by Crippen LogP contribution is -2.70. The second-order valence-electron chi connectivity index (χ2n) is 11.4. The molecular formula is C30H30N2O9. The van der Waals surface area contributed by atoms with Crippen LogP contribution in [0.25, 0.3) is 5.76 Å². The molecule has 41 heavy (non-hydrogen) atoms. The minimum atomic E-state index is -2.95.